The van der Waals surface area contributed by atoms with Crippen LogP contribution in [-0.2, 0) is 10.8 Å². The smallest absolute Gasteiger partial charge is 0.0726 e. The predicted octanol–water partition coefficient (Wildman–Crippen LogP) is 14.2. The van der Waals surface area contributed by atoms with Crippen molar-refractivity contribution in [2.45, 2.75) is 24.7 Å². The van der Waals surface area contributed by atoms with Gasteiger partial charge in [0.05, 0.1) is 11.1 Å². The molecular formula is C52H35NS. The van der Waals surface area contributed by atoms with E-state index in [0.29, 0.717) is 0 Å². The van der Waals surface area contributed by atoms with Crippen LogP contribution in [0.5, 0.6) is 0 Å². The van der Waals surface area contributed by atoms with Crippen LogP contribution < -0.4 is 4.90 Å². The van der Waals surface area contributed by atoms with E-state index >= 15 is 0 Å². The van der Waals surface area contributed by atoms with Crippen LogP contribution in [0, 0.1) is 0 Å². The number of fused-ring (bicyclic) bond motifs is 16. The molecule has 0 fully saturated rings. The van der Waals surface area contributed by atoms with Crippen molar-refractivity contribution in [3.63, 3.8) is 0 Å². The molecule has 0 atom stereocenters. The predicted molar refractivity (Wildman–Crippen MR) is 228 cm³/mol. The third-order valence-corrected chi connectivity index (χ3v) is 13.8. The van der Waals surface area contributed by atoms with Gasteiger partial charge in [-0.1, -0.05) is 147 Å². The lowest BCUT2D eigenvalue weighted by Gasteiger charge is -2.32. The van der Waals surface area contributed by atoms with Crippen molar-refractivity contribution in [1.29, 1.82) is 0 Å². The molecule has 1 heterocycles. The molecule has 0 saturated carbocycles. The zero-order chi connectivity index (χ0) is 35.8. The normalized spacial score (nSPS) is 14.8. The number of thiophene rings is 1. The highest BCUT2D eigenvalue weighted by atomic mass is 32.1. The van der Waals surface area contributed by atoms with E-state index in [4.69, 9.17) is 0 Å². The van der Waals surface area contributed by atoms with Gasteiger partial charge in [0, 0.05) is 37.0 Å². The minimum absolute atomic E-state index is 0.0617. The Bertz CT molecular complexity index is 2990. The standard InChI is InChI=1S/C52H35NS/c1-51(2)41-19-8-3-17-37(41)40-30-32(27-29-42(40)51)53(47-23-13-25-49-50(47)39-18-7-12-24-48(39)54-49)33-26-28-38-36-16-6-11-22-45(36)52(46(38)31-33)43-20-9-4-14-34(43)35-15-5-10-21-44(35)52/h3-31H,1-2H3. The molecule has 254 valence electrons. The molecule has 8 aromatic carbocycles. The van der Waals surface area contributed by atoms with Crippen LogP contribution in [0.15, 0.2) is 176 Å². The van der Waals surface area contributed by atoms with Crippen LogP contribution >= 0.6 is 11.3 Å². The molecule has 0 aliphatic heterocycles. The van der Waals surface area contributed by atoms with Crippen LogP contribution in [0.25, 0.3) is 53.6 Å². The molecule has 1 aromatic heterocycles. The molecule has 12 rings (SSSR count). The number of hydrogen-bond donors (Lipinski definition) is 0. The number of hydrogen-bond acceptors (Lipinski definition) is 2. The van der Waals surface area contributed by atoms with Crippen molar-refractivity contribution in [2.75, 3.05) is 4.90 Å². The van der Waals surface area contributed by atoms with E-state index in [2.05, 4.69) is 195 Å². The minimum atomic E-state index is -0.414. The summed E-state index contributed by atoms with van der Waals surface area (Å²) in [5.74, 6) is 0. The first-order valence-electron chi connectivity index (χ1n) is 18.9. The highest BCUT2D eigenvalue weighted by Crippen LogP contribution is 2.63. The molecule has 0 N–H and O–H groups in total. The van der Waals surface area contributed by atoms with Gasteiger partial charge in [0.2, 0.25) is 0 Å². The van der Waals surface area contributed by atoms with Gasteiger partial charge in [-0.15, -0.1) is 11.3 Å². The van der Waals surface area contributed by atoms with Gasteiger partial charge >= 0.3 is 0 Å². The van der Waals surface area contributed by atoms with Gasteiger partial charge in [-0.05, 0) is 109 Å². The zero-order valence-electron chi connectivity index (χ0n) is 30.1. The second-order valence-electron chi connectivity index (χ2n) is 15.6. The first-order chi connectivity index (χ1) is 26.5. The Morgan fingerprint density at radius 2 is 0.889 bits per heavy atom. The van der Waals surface area contributed by atoms with E-state index in [0.717, 1.165) is 5.69 Å². The average Bonchev–Trinajstić information content (AvgIpc) is 3.91. The minimum Gasteiger partial charge on any atom is -0.310 e. The maximum Gasteiger partial charge on any atom is 0.0726 e. The monoisotopic (exact) mass is 705 g/mol. The van der Waals surface area contributed by atoms with Crippen LogP contribution in [0.3, 0.4) is 0 Å². The molecule has 9 aromatic rings. The number of benzene rings is 8. The quantitative estimate of drug-likeness (QED) is 0.177. The third kappa shape index (κ3) is 3.73. The SMILES string of the molecule is CC1(C)c2ccccc2-c2cc(N(c3ccc4c(c3)C3(c5ccccc5-c5ccccc53)c3ccccc3-4)c3cccc4sc5ccccc5c34)ccc21. The van der Waals surface area contributed by atoms with Gasteiger partial charge in [0.25, 0.3) is 0 Å². The average molecular weight is 706 g/mol. The molecular weight excluding hydrogens is 671 g/mol. The Balaban J connectivity index is 1.17. The first kappa shape index (κ1) is 30.3. The second-order valence-corrected chi connectivity index (χ2v) is 16.7. The summed E-state index contributed by atoms with van der Waals surface area (Å²) in [5.41, 5.74) is 19.2. The van der Waals surface area contributed by atoms with Gasteiger partial charge in [-0.25, -0.2) is 0 Å². The van der Waals surface area contributed by atoms with E-state index in [1.807, 2.05) is 11.3 Å². The highest BCUT2D eigenvalue weighted by molar-refractivity contribution is 7.26. The van der Waals surface area contributed by atoms with Gasteiger partial charge in [0.15, 0.2) is 0 Å². The van der Waals surface area contributed by atoms with Crippen molar-refractivity contribution in [3.05, 3.63) is 209 Å². The lowest BCUT2D eigenvalue weighted by Crippen LogP contribution is -2.26. The molecule has 54 heavy (non-hydrogen) atoms. The van der Waals surface area contributed by atoms with Crippen LogP contribution in [0.1, 0.15) is 47.2 Å². The Labute approximate surface area is 319 Å². The number of anilines is 3. The summed E-state index contributed by atoms with van der Waals surface area (Å²) in [7, 11) is 0. The largest absolute Gasteiger partial charge is 0.310 e. The van der Waals surface area contributed by atoms with Gasteiger partial charge < -0.3 is 4.90 Å². The zero-order valence-corrected chi connectivity index (χ0v) is 30.9. The topological polar surface area (TPSA) is 3.24 Å². The Kier molecular flexibility index (Phi) is 5.99. The molecule has 2 heteroatoms. The fourth-order valence-corrected chi connectivity index (χ4v) is 11.6. The summed E-state index contributed by atoms with van der Waals surface area (Å²) in [6.07, 6.45) is 0. The van der Waals surface area contributed by atoms with Crippen LogP contribution in [0.4, 0.5) is 17.1 Å². The van der Waals surface area contributed by atoms with E-state index in [1.165, 1.54) is 98.3 Å². The molecule has 3 aliphatic rings. The summed E-state index contributed by atoms with van der Waals surface area (Å²) in [4.78, 5) is 2.54. The van der Waals surface area contributed by atoms with E-state index < -0.39 is 5.41 Å². The molecule has 1 nitrogen and oxygen atoms in total. The van der Waals surface area contributed by atoms with Crippen molar-refractivity contribution >= 4 is 48.6 Å². The fraction of sp³-hybridized carbons (Fsp3) is 0.0769. The molecule has 0 radical (unpaired) electrons. The van der Waals surface area contributed by atoms with Crippen LogP contribution in [0.2, 0.25) is 0 Å². The van der Waals surface area contributed by atoms with E-state index in [1.54, 1.807) is 0 Å². The number of nitrogens with zero attached hydrogens (tertiary/aromatic N) is 1. The molecule has 0 unspecified atom stereocenters. The summed E-state index contributed by atoms with van der Waals surface area (Å²) < 4.78 is 2.61. The first-order valence-corrected chi connectivity index (χ1v) is 19.8. The number of rotatable bonds is 3. The van der Waals surface area contributed by atoms with Crippen molar-refractivity contribution in [3.8, 4) is 33.4 Å². The summed E-state index contributed by atoms with van der Waals surface area (Å²) in [6, 6.07) is 66.4. The Hall–Kier alpha value is -6.22. The lowest BCUT2D eigenvalue weighted by atomic mass is 9.70. The van der Waals surface area contributed by atoms with Gasteiger partial charge in [-0.3, -0.25) is 0 Å². The van der Waals surface area contributed by atoms with Crippen molar-refractivity contribution < 1.29 is 0 Å². The third-order valence-electron chi connectivity index (χ3n) is 12.7. The lowest BCUT2D eigenvalue weighted by molar-refractivity contribution is 0.660. The maximum atomic E-state index is 2.54. The van der Waals surface area contributed by atoms with Crippen molar-refractivity contribution in [1.82, 2.24) is 0 Å². The van der Waals surface area contributed by atoms with E-state index in [-0.39, 0.29) is 5.41 Å². The summed E-state index contributed by atoms with van der Waals surface area (Å²) in [6.45, 7) is 4.73. The Morgan fingerprint density at radius 1 is 0.389 bits per heavy atom. The molecule has 1 spiro atoms. The van der Waals surface area contributed by atoms with Crippen LogP contribution in [-0.4, -0.2) is 0 Å². The molecule has 0 bridgehead atoms. The maximum absolute atomic E-state index is 2.54. The fourth-order valence-electron chi connectivity index (χ4n) is 10.4. The molecule has 0 saturated heterocycles. The highest BCUT2D eigenvalue weighted by Gasteiger charge is 2.51. The summed E-state index contributed by atoms with van der Waals surface area (Å²) >= 11 is 1.88. The van der Waals surface area contributed by atoms with Gasteiger partial charge in [-0.2, -0.15) is 0 Å². The Morgan fingerprint density at radius 3 is 1.57 bits per heavy atom. The molecule has 0 amide bonds. The van der Waals surface area contributed by atoms with Crippen molar-refractivity contribution in [2.24, 2.45) is 0 Å². The summed E-state index contributed by atoms with van der Waals surface area (Å²) in [5, 5.41) is 2.60. The second kappa shape index (κ2) is 10.7. The van der Waals surface area contributed by atoms with E-state index in [9.17, 15) is 0 Å². The van der Waals surface area contributed by atoms with Gasteiger partial charge in [0.1, 0.15) is 0 Å². The molecule has 3 aliphatic carbocycles.